The van der Waals surface area contributed by atoms with Gasteiger partial charge in [-0.3, -0.25) is 0 Å². The second-order valence-electron chi connectivity index (χ2n) is 3.81. The van der Waals surface area contributed by atoms with Gasteiger partial charge in [-0.25, -0.2) is 4.99 Å². The molecule has 86 valence electrons. The second-order valence-corrected chi connectivity index (χ2v) is 3.81. The highest BCUT2D eigenvalue weighted by Crippen LogP contribution is 2.26. The van der Waals surface area contributed by atoms with E-state index in [9.17, 15) is 5.11 Å². The number of nitrogens with zero attached hydrogens (tertiary/aromatic N) is 1. The fourth-order valence-corrected chi connectivity index (χ4v) is 1.68. The Hall–Kier alpha value is -1.71. The van der Waals surface area contributed by atoms with Gasteiger partial charge in [0.1, 0.15) is 12.4 Å². The second kappa shape index (κ2) is 4.43. The molecule has 0 amide bonds. The summed E-state index contributed by atoms with van der Waals surface area (Å²) in [5.41, 5.74) is 2.84. The van der Waals surface area contributed by atoms with Gasteiger partial charge in [-0.15, -0.1) is 0 Å². The zero-order chi connectivity index (χ0) is 11.5. The van der Waals surface area contributed by atoms with Crippen LogP contribution in [0.2, 0.25) is 0 Å². The Morgan fingerprint density at radius 1 is 1.50 bits per heavy atom. The van der Waals surface area contributed by atoms with Crippen molar-refractivity contribution in [2.24, 2.45) is 4.99 Å². The number of anilines is 1. The van der Waals surface area contributed by atoms with Gasteiger partial charge in [-0.2, -0.15) is 0 Å². The van der Waals surface area contributed by atoms with Gasteiger partial charge in [0.05, 0.1) is 6.54 Å². The molecule has 0 spiro atoms. The number of phenols is 1. The molecular weight excluding hydrogens is 204 g/mol. The van der Waals surface area contributed by atoms with Crippen LogP contribution in [0.25, 0.3) is 0 Å². The number of rotatable bonds is 2. The number of amidine groups is 1. The van der Waals surface area contributed by atoms with Crippen molar-refractivity contribution in [1.82, 2.24) is 0 Å². The molecule has 16 heavy (non-hydrogen) atoms. The number of benzene rings is 1. The van der Waals surface area contributed by atoms with Crippen molar-refractivity contribution in [3.63, 3.8) is 0 Å². The third-order valence-electron chi connectivity index (χ3n) is 2.63. The van der Waals surface area contributed by atoms with E-state index in [2.05, 4.69) is 10.3 Å². The minimum Gasteiger partial charge on any atom is -0.508 e. The van der Waals surface area contributed by atoms with Crippen molar-refractivity contribution in [3.8, 4) is 5.75 Å². The van der Waals surface area contributed by atoms with Crippen molar-refractivity contribution in [2.45, 2.75) is 20.3 Å². The molecule has 0 fully saturated rings. The lowest BCUT2D eigenvalue weighted by molar-refractivity contribution is 0.346. The average molecular weight is 220 g/mol. The molecule has 1 heterocycles. The number of ether oxygens (including phenoxy) is 1. The summed E-state index contributed by atoms with van der Waals surface area (Å²) in [6.45, 7) is 5.30. The Balaban J connectivity index is 2.25. The standard InChI is InChI=1S/C12H16N2O2/c1-3-9-7-10(8(2)6-11(9)15)14-12-13-4-5-16-12/h6-7,15H,3-5H2,1-2H3,(H,13,14). The molecule has 1 aromatic carbocycles. The number of aryl methyl sites for hydroxylation is 2. The highest BCUT2D eigenvalue weighted by molar-refractivity contribution is 5.90. The number of hydrogen-bond acceptors (Lipinski definition) is 4. The van der Waals surface area contributed by atoms with E-state index < -0.39 is 0 Å². The maximum absolute atomic E-state index is 9.69. The van der Waals surface area contributed by atoms with Crippen LogP contribution in [0, 0.1) is 6.92 Å². The maximum atomic E-state index is 9.69. The van der Waals surface area contributed by atoms with Crippen LogP contribution >= 0.6 is 0 Å². The van der Waals surface area contributed by atoms with Crippen LogP contribution < -0.4 is 5.32 Å². The lowest BCUT2D eigenvalue weighted by atomic mass is 10.1. The fourth-order valence-electron chi connectivity index (χ4n) is 1.68. The molecule has 1 aromatic rings. The first-order valence-electron chi connectivity index (χ1n) is 5.47. The summed E-state index contributed by atoms with van der Waals surface area (Å²) in [5.74, 6) is 0.347. The molecule has 2 rings (SSSR count). The SMILES string of the molecule is CCc1cc(NC2=NCCO2)c(C)cc1O. The lowest BCUT2D eigenvalue weighted by Crippen LogP contribution is -2.12. The first-order chi connectivity index (χ1) is 7.70. The summed E-state index contributed by atoms with van der Waals surface area (Å²) in [5, 5.41) is 12.8. The van der Waals surface area contributed by atoms with Gasteiger partial charge < -0.3 is 15.2 Å². The van der Waals surface area contributed by atoms with Crippen LogP contribution in [0.1, 0.15) is 18.1 Å². The molecule has 0 bridgehead atoms. The van der Waals surface area contributed by atoms with Crippen LogP contribution in [0.15, 0.2) is 17.1 Å². The molecular formula is C12H16N2O2. The van der Waals surface area contributed by atoms with Gasteiger partial charge in [0, 0.05) is 5.69 Å². The molecule has 1 aliphatic rings. The van der Waals surface area contributed by atoms with Crippen molar-refractivity contribution in [2.75, 3.05) is 18.5 Å². The Bertz CT molecular complexity index is 427. The molecule has 0 aromatic heterocycles. The molecule has 0 radical (unpaired) electrons. The monoisotopic (exact) mass is 220 g/mol. The van der Waals surface area contributed by atoms with Gasteiger partial charge in [0.2, 0.25) is 0 Å². The van der Waals surface area contributed by atoms with E-state index in [-0.39, 0.29) is 0 Å². The largest absolute Gasteiger partial charge is 0.508 e. The Labute approximate surface area is 95.0 Å². The van der Waals surface area contributed by atoms with Crippen LogP contribution in [-0.2, 0) is 11.2 Å². The van der Waals surface area contributed by atoms with Gasteiger partial charge >= 0.3 is 0 Å². The maximum Gasteiger partial charge on any atom is 0.289 e. The van der Waals surface area contributed by atoms with Gasteiger partial charge in [-0.1, -0.05) is 6.92 Å². The molecule has 4 nitrogen and oxygen atoms in total. The van der Waals surface area contributed by atoms with E-state index in [4.69, 9.17) is 4.74 Å². The highest BCUT2D eigenvalue weighted by Gasteiger charge is 2.10. The first-order valence-corrected chi connectivity index (χ1v) is 5.47. The van der Waals surface area contributed by atoms with E-state index in [1.807, 2.05) is 19.9 Å². The minimum atomic E-state index is 0.347. The number of aromatic hydroxyl groups is 1. The molecule has 0 aliphatic carbocycles. The van der Waals surface area contributed by atoms with Crippen LogP contribution in [0.5, 0.6) is 5.75 Å². The predicted octanol–water partition coefficient (Wildman–Crippen LogP) is 2.06. The topological polar surface area (TPSA) is 53.9 Å². The quantitative estimate of drug-likeness (QED) is 0.750. The van der Waals surface area contributed by atoms with E-state index in [1.54, 1.807) is 6.07 Å². The van der Waals surface area contributed by atoms with E-state index in [0.717, 1.165) is 23.2 Å². The third kappa shape index (κ3) is 2.10. The van der Waals surface area contributed by atoms with Crippen LogP contribution in [0.3, 0.4) is 0 Å². The van der Waals surface area contributed by atoms with Crippen molar-refractivity contribution in [3.05, 3.63) is 23.3 Å². The summed E-state index contributed by atoms with van der Waals surface area (Å²) in [6.07, 6.45) is 0.800. The van der Waals surface area contributed by atoms with E-state index in [1.165, 1.54) is 0 Å². The number of hydrogen-bond donors (Lipinski definition) is 2. The molecule has 0 saturated carbocycles. The number of nitrogens with one attached hydrogen (secondary N) is 1. The molecule has 1 aliphatic heterocycles. The normalized spacial score (nSPS) is 14.5. The molecule has 4 heteroatoms. The lowest BCUT2D eigenvalue weighted by Gasteiger charge is -2.11. The Kier molecular flexibility index (Phi) is 2.99. The van der Waals surface area contributed by atoms with Gasteiger partial charge in [0.25, 0.3) is 6.02 Å². The van der Waals surface area contributed by atoms with Gasteiger partial charge in [-0.05, 0) is 36.6 Å². The number of aliphatic imine (C=N–C) groups is 1. The highest BCUT2D eigenvalue weighted by atomic mass is 16.5. The van der Waals surface area contributed by atoms with Crippen molar-refractivity contribution >= 4 is 11.7 Å². The number of phenolic OH excluding ortho intramolecular Hbond substituents is 1. The van der Waals surface area contributed by atoms with Crippen LogP contribution in [-0.4, -0.2) is 24.3 Å². The molecule has 0 unspecified atom stereocenters. The summed E-state index contributed by atoms with van der Waals surface area (Å²) >= 11 is 0. The van der Waals surface area contributed by atoms with E-state index in [0.29, 0.717) is 24.9 Å². The summed E-state index contributed by atoms with van der Waals surface area (Å²) in [6, 6.07) is 4.27. The summed E-state index contributed by atoms with van der Waals surface area (Å²) < 4.78 is 5.29. The smallest absolute Gasteiger partial charge is 0.289 e. The Morgan fingerprint density at radius 2 is 2.31 bits per heavy atom. The Morgan fingerprint density at radius 3 is 2.94 bits per heavy atom. The zero-order valence-corrected chi connectivity index (χ0v) is 9.58. The summed E-state index contributed by atoms with van der Waals surface area (Å²) in [4.78, 5) is 4.17. The predicted molar refractivity (Wildman–Crippen MR) is 64.1 cm³/mol. The van der Waals surface area contributed by atoms with Crippen molar-refractivity contribution in [1.29, 1.82) is 0 Å². The first kappa shape index (κ1) is 10.8. The fraction of sp³-hybridized carbons (Fsp3) is 0.417. The molecule has 0 atom stereocenters. The average Bonchev–Trinajstić information content (AvgIpc) is 2.75. The zero-order valence-electron chi connectivity index (χ0n) is 9.58. The molecule has 2 N–H and O–H groups in total. The summed E-state index contributed by atoms with van der Waals surface area (Å²) in [7, 11) is 0. The van der Waals surface area contributed by atoms with Crippen molar-refractivity contribution < 1.29 is 9.84 Å². The molecule has 0 saturated heterocycles. The van der Waals surface area contributed by atoms with Crippen LogP contribution in [0.4, 0.5) is 5.69 Å². The van der Waals surface area contributed by atoms with Gasteiger partial charge in [0.15, 0.2) is 0 Å². The minimum absolute atomic E-state index is 0.347. The third-order valence-corrected chi connectivity index (χ3v) is 2.63. The van der Waals surface area contributed by atoms with E-state index >= 15 is 0 Å².